The number of para-hydroxylation sites is 2. The Morgan fingerprint density at radius 1 is 0.621 bits per heavy atom. The minimum atomic E-state index is 0.658. The predicted molar refractivity (Wildman–Crippen MR) is 120 cm³/mol. The molecular formula is C24H21N5. The highest BCUT2D eigenvalue weighted by Crippen LogP contribution is 2.48. The number of nitrogens with two attached hydrogens (primary N) is 2. The van der Waals surface area contributed by atoms with Gasteiger partial charge in [-0.3, -0.25) is 5.43 Å². The van der Waals surface area contributed by atoms with Crippen LogP contribution in [0.5, 0.6) is 0 Å². The van der Waals surface area contributed by atoms with E-state index in [-0.39, 0.29) is 0 Å². The third-order valence-electron chi connectivity index (χ3n) is 5.17. The van der Waals surface area contributed by atoms with Gasteiger partial charge in [-0.15, -0.1) is 0 Å². The average Bonchev–Trinajstić information content (AvgIpc) is 3.10. The Balaban J connectivity index is 1.76. The summed E-state index contributed by atoms with van der Waals surface area (Å²) in [7, 11) is 0. The van der Waals surface area contributed by atoms with Crippen LogP contribution in [0.1, 0.15) is 0 Å². The summed E-state index contributed by atoms with van der Waals surface area (Å²) in [6, 6.07) is 32.6. The van der Waals surface area contributed by atoms with Crippen LogP contribution in [0.25, 0.3) is 22.3 Å². The average molecular weight is 379 g/mol. The van der Waals surface area contributed by atoms with E-state index < -0.39 is 0 Å². The van der Waals surface area contributed by atoms with Gasteiger partial charge in [0.1, 0.15) is 0 Å². The molecule has 0 aromatic heterocycles. The lowest BCUT2D eigenvalue weighted by Crippen LogP contribution is -2.44. The van der Waals surface area contributed by atoms with Crippen molar-refractivity contribution < 1.29 is 0 Å². The predicted octanol–water partition coefficient (Wildman–Crippen LogP) is 5.17. The minimum Gasteiger partial charge on any atom is -0.397 e. The van der Waals surface area contributed by atoms with Crippen LogP contribution in [0, 0.1) is 0 Å². The molecule has 1 aliphatic rings. The van der Waals surface area contributed by atoms with E-state index in [4.69, 9.17) is 11.6 Å². The monoisotopic (exact) mass is 379 g/mol. The Morgan fingerprint density at radius 2 is 1.24 bits per heavy atom. The van der Waals surface area contributed by atoms with Crippen LogP contribution in [-0.4, -0.2) is 5.23 Å². The van der Waals surface area contributed by atoms with Crippen molar-refractivity contribution in [3.8, 4) is 22.3 Å². The molecule has 0 saturated heterocycles. The van der Waals surface area contributed by atoms with Gasteiger partial charge < -0.3 is 5.73 Å². The van der Waals surface area contributed by atoms with Crippen molar-refractivity contribution in [2.45, 2.75) is 0 Å². The van der Waals surface area contributed by atoms with Gasteiger partial charge in [-0.2, -0.15) is 0 Å². The van der Waals surface area contributed by atoms with Crippen LogP contribution < -0.4 is 22.0 Å². The van der Waals surface area contributed by atoms with Crippen LogP contribution in [0.4, 0.5) is 22.7 Å². The quantitative estimate of drug-likeness (QED) is 0.338. The molecule has 0 spiro atoms. The fourth-order valence-corrected chi connectivity index (χ4v) is 3.85. The maximum absolute atomic E-state index is 6.36. The summed E-state index contributed by atoms with van der Waals surface area (Å²) in [5.41, 5.74) is 17.5. The van der Waals surface area contributed by atoms with Gasteiger partial charge in [0.05, 0.1) is 22.7 Å². The fraction of sp³-hybridized carbons (Fsp3) is 0. The zero-order chi connectivity index (χ0) is 19.8. The standard InChI is InChI=1S/C24H21N5/c25-20-13-7-8-14-21(20)28-22-16-15-19(17-9-3-1-4-10-17)23(24(22)27-29(28)26)18-11-5-2-6-12-18/h1-16,27H,25-26H2. The Labute approximate surface area is 169 Å². The number of rotatable bonds is 3. The van der Waals surface area contributed by atoms with E-state index in [0.717, 1.165) is 39.3 Å². The maximum Gasteiger partial charge on any atom is 0.0866 e. The van der Waals surface area contributed by atoms with Crippen molar-refractivity contribution in [3.63, 3.8) is 0 Å². The molecule has 5 rings (SSSR count). The van der Waals surface area contributed by atoms with Crippen LogP contribution in [0.3, 0.4) is 0 Å². The Hall–Kier alpha value is -3.80. The molecule has 5 nitrogen and oxygen atoms in total. The fourth-order valence-electron chi connectivity index (χ4n) is 3.85. The molecule has 1 heterocycles. The van der Waals surface area contributed by atoms with Gasteiger partial charge >= 0.3 is 0 Å². The van der Waals surface area contributed by atoms with E-state index in [1.165, 1.54) is 5.23 Å². The van der Waals surface area contributed by atoms with Crippen molar-refractivity contribution in [1.29, 1.82) is 0 Å². The second-order valence-corrected chi connectivity index (χ2v) is 6.94. The summed E-state index contributed by atoms with van der Waals surface area (Å²) in [6.07, 6.45) is 0. The topological polar surface area (TPSA) is 70.5 Å². The second-order valence-electron chi connectivity index (χ2n) is 6.94. The van der Waals surface area contributed by atoms with Gasteiger partial charge in [-0.1, -0.05) is 84.1 Å². The zero-order valence-corrected chi connectivity index (χ0v) is 15.8. The summed E-state index contributed by atoms with van der Waals surface area (Å²) >= 11 is 0. The number of benzene rings is 4. The third kappa shape index (κ3) is 2.89. The second kappa shape index (κ2) is 6.98. The number of anilines is 4. The molecule has 0 unspecified atom stereocenters. The van der Waals surface area contributed by atoms with E-state index in [0.29, 0.717) is 5.69 Å². The zero-order valence-electron chi connectivity index (χ0n) is 15.8. The van der Waals surface area contributed by atoms with Crippen molar-refractivity contribution in [3.05, 3.63) is 97.1 Å². The highest BCUT2D eigenvalue weighted by molar-refractivity contribution is 6.00. The molecule has 0 saturated carbocycles. The molecule has 4 aromatic rings. The molecule has 4 aromatic carbocycles. The lowest BCUT2D eigenvalue weighted by Gasteiger charge is -2.26. The molecule has 0 fully saturated rings. The SMILES string of the molecule is Nc1ccccc1N1c2ccc(-c3ccccc3)c(-c3ccccc3)c2NN1N. The van der Waals surface area contributed by atoms with E-state index in [1.807, 2.05) is 53.5 Å². The molecule has 142 valence electrons. The van der Waals surface area contributed by atoms with Crippen molar-refractivity contribution in [2.24, 2.45) is 5.84 Å². The number of hydrazine groups is 3. The van der Waals surface area contributed by atoms with E-state index in [1.54, 1.807) is 0 Å². The largest absolute Gasteiger partial charge is 0.397 e. The molecule has 5 N–H and O–H groups in total. The molecule has 0 amide bonds. The van der Waals surface area contributed by atoms with E-state index in [9.17, 15) is 0 Å². The normalized spacial score (nSPS) is 13.2. The third-order valence-corrected chi connectivity index (χ3v) is 5.17. The van der Waals surface area contributed by atoms with Gasteiger partial charge in [0.2, 0.25) is 0 Å². The van der Waals surface area contributed by atoms with E-state index >= 15 is 0 Å². The van der Waals surface area contributed by atoms with Crippen LogP contribution >= 0.6 is 0 Å². The molecular weight excluding hydrogens is 358 g/mol. The number of fused-ring (bicyclic) bond motifs is 1. The maximum atomic E-state index is 6.36. The highest BCUT2D eigenvalue weighted by atomic mass is 15.9. The molecule has 0 bridgehead atoms. The van der Waals surface area contributed by atoms with Crippen molar-refractivity contribution in [1.82, 2.24) is 5.23 Å². The van der Waals surface area contributed by atoms with Gasteiger partial charge in [-0.05, 0) is 34.9 Å². The van der Waals surface area contributed by atoms with Crippen molar-refractivity contribution >= 4 is 22.7 Å². The number of hydrogen-bond donors (Lipinski definition) is 3. The number of hydrogen-bond acceptors (Lipinski definition) is 5. The first kappa shape index (κ1) is 17.3. The molecule has 1 aliphatic heterocycles. The first-order valence-electron chi connectivity index (χ1n) is 9.48. The van der Waals surface area contributed by atoms with Crippen LogP contribution in [-0.2, 0) is 0 Å². The van der Waals surface area contributed by atoms with Gasteiger partial charge in [0.15, 0.2) is 0 Å². The first-order valence-corrected chi connectivity index (χ1v) is 9.48. The van der Waals surface area contributed by atoms with Crippen LogP contribution in [0.15, 0.2) is 97.1 Å². The molecule has 0 aliphatic carbocycles. The first-order chi connectivity index (χ1) is 14.2. The lowest BCUT2D eigenvalue weighted by molar-refractivity contribution is 0.370. The Morgan fingerprint density at radius 3 is 1.93 bits per heavy atom. The summed E-state index contributed by atoms with van der Waals surface area (Å²) in [4.78, 5) is 0. The number of nitrogens with zero attached hydrogens (tertiary/aromatic N) is 2. The summed E-state index contributed by atoms with van der Waals surface area (Å²) < 4.78 is 0. The Bertz CT molecular complexity index is 1160. The van der Waals surface area contributed by atoms with Gasteiger partial charge in [-0.25, -0.2) is 10.9 Å². The molecule has 0 atom stereocenters. The highest BCUT2D eigenvalue weighted by Gasteiger charge is 2.31. The molecule has 0 radical (unpaired) electrons. The molecule has 29 heavy (non-hydrogen) atoms. The van der Waals surface area contributed by atoms with Gasteiger partial charge in [0.25, 0.3) is 0 Å². The number of nitrogens with one attached hydrogen (secondary N) is 1. The minimum absolute atomic E-state index is 0.658. The van der Waals surface area contributed by atoms with Crippen molar-refractivity contribution in [2.75, 3.05) is 16.2 Å². The summed E-state index contributed by atoms with van der Waals surface area (Å²) in [6.45, 7) is 0. The molecule has 5 heteroatoms. The lowest BCUT2D eigenvalue weighted by atomic mass is 9.92. The number of nitrogen functional groups attached to an aromatic ring is 1. The van der Waals surface area contributed by atoms with E-state index in [2.05, 4.69) is 54.0 Å². The summed E-state index contributed by atoms with van der Waals surface area (Å²) in [5.74, 6) is 6.36. The smallest absolute Gasteiger partial charge is 0.0866 e. The van der Waals surface area contributed by atoms with Gasteiger partial charge in [0, 0.05) is 5.56 Å². The Kier molecular flexibility index (Phi) is 4.17. The summed E-state index contributed by atoms with van der Waals surface area (Å²) in [5, 5.41) is 3.38. The van der Waals surface area contributed by atoms with Crippen LogP contribution in [0.2, 0.25) is 0 Å².